The molecule has 1 fully saturated rings. The third-order valence-corrected chi connectivity index (χ3v) is 12.3. The van der Waals surface area contributed by atoms with Gasteiger partial charge < -0.3 is 51.0 Å². The molecule has 0 spiro atoms. The number of benzene rings is 4. The first kappa shape index (κ1) is 47.5. The number of carbonyl (C=O) groups excluding carboxylic acids is 4. The Balaban J connectivity index is 0.696. The van der Waals surface area contributed by atoms with E-state index in [0.717, 1.165) is 81.2 Å². The molecule has 0 radical (unpaired) electrons. The van der Waals surface area contributed by atoms with E-state index in [4.69, 9.17) is 9.97 Å². The van der Waals surface area contributed by atoms with Crippen molar-refractivity contribution in [3.8, 4) is 22.8 Å². The molecule has 0 unspecified atom stereocenters. The van der Waals surface area contributed by atoms with Crippen molar-refractivity contribution >= 4 is 67.8 Å². The van der Waals surface area contributed by atoms with E-state index in [0.29, 0.717) is 73.7 Å². The fourth-order valence-electron chi connectivity index (χ4n) is 8.55. The van der Waals surface area contributed by atoms with Crippen LogP contribution in [-0.2, 0) is 22.7 Å². The van der Waals surface area contributed by atoms with Gasteiger partial charge in [-0.1, -0.05) is 0 Å². The maximum Gasteiger partial charge on any atom is 0.251 e. The van der Waals surface area contributed by atoms with Gasteiger partial charge in [0.1, 0.15) is 23.3 Å². The predicted molar refractivity (Wildman–Crippen MR) is 270 cm³/mol. The Morgan fingerprint density at radius 2 is 0.886 bits per heavy atom. The highest BCUT2D eigenvalue weighted by Gasteiger charge is 2.22. The molecule has 4 amide bonds. The van der Waals surface area contributed by atoms with Crippen LogP contribution in [0.4, 0.5) is 0 Å². The van der Waals surface area contributed by atoms with Crippen molar-refractivity contribution in [1.82, 2.24) is 80.7 Å². The highest BCUT2D eigenvalue weighted by atomic mass is 16.2. The fourth-order valence-corrected chi connectivity index (χ4v) is 8.55. The zero-order valence-corrected chi connectivity index (χ0v) is 40.0. The average molecular weight is 949 g/mol. The summed E-state index contributed by atoms with van der Waals surface area (Å²) >= 11 is 0. The quantitative estimate of drug-likeness (QED) is 0.0513. The summed E-state index contributed by atoms with van der Waals surface area (Å²) in [6.07, 6.45) is 1.75. The second-order valence-electron chi connectivity index (χ2n) is 18.4. The largest absolute Gasteiger partial charge is 0.352 e. The van der Waals surface area contributed by atoms with Crippen molar-refractivity contribution in [2.75, 3.05) is 93.6 Å². The molecular formula is C50H60N16O4. The van der Waals surface area contributed by atoms with Gasteiger partial charge in [0.05, 0.1) is 70.3 Å². The molecule has 0 aliphatic carbocycles. The Kier molecular flexibility index (Phi) is 14.5. The summed E-state index contributed by atoms with van der Waals surface area (Å²) < 4.78 is 0. The van der Waals surface area contributed by atoms with Crippen LogP contribution in [0.25, 0.3) is 66.9 Å². The van der Waals surface area contributed by atoms with Crippen LogP contribution in [0.1, 0.15) is 45.2 Å². The summed E-state index contributed by atoms with van der Waals surface area (Å²) in [6, 6.07) is 22.6. The first-order chi connectivity index (χ1) is 33.9. The molecule has 8 N–H and O–H groups in total. The number of nitrogens with zero attached hydrogens (tertiary/aromatic N) is 8. The number of nitrogens with one attached hydrogen (secondary N) is 8. The molecule has 1 aliphatic heterocycles. The SMILES string of the molecule is CN(C)CCCNC(=O)c1ccc2nc(-c3ccc4nc(CNC(=O)CN5CCN(CC(=O)NCc6nc7ccc(-c8nc9ccc(C(=O)NCCCN(C)C)cc9[nH]8)cc7[nH]6)CC5)[nH]c4c3)[nH]c2c1. The fraction of sp³-hybridized carbons (Fsp3) is 0.360. The predicted octanol–water partition coefficient (Wildman–Crippen LogP) is 3.44. The number of rotatable bonds is 20. The van der Waals surface area contributed by atoms with Gasteiger partial charge in [-0.15, -0.1) is 0 Å². The summed E-state index contributed by atoms with van der Waals surface area (Å²) in [5.74, 6) is 2.20. The number of aromatic amines is 4. The number of H-pyrrole nitrogens is 4. The minimum atomic E-state index is -0.114. The zero-order chi connectivity index (χ0) is 48.7. The smallest absolute Gasteiger partial charge is 0.251 e. The third-order valence-electron chi connectivity index (χ3n) is 12.3. The van der Waals surface area contributed by atoms with E-state index >= 15 is 0 Å². The normalized spacial score (nSPS) is 13.6. The van der Waals surface area contributed by atoms with Gasteiger partial charge in [-0.3, -0.25) is 29.0 Å². The molecule has 4 aromatic carbocycles. The van der Waals surface area contributed by atoms with Crippen molar-refractivity contribution in [3.63, 3.8) is 0 Å². The van der Waals surface area contributed by atoms with Crippen LogP contribution in [0.3, 0.4) is 0 Å². The van der Waals surface area contributed by atoms with Gasteiger partial charge in [0.15, 0.2) is 0 Å². The molecule has 1 aliphatic rings. The van der Waals surface area contributed by atoms with Crippen LogP contribution in [0.15, 0.2) is 72.8 Å². The Morgan fingerprint density at radius 1 is 0.500 bits per heavy atom. The molecule has 0 atom stereocenters. The van der Waals surface area contributed by atoms with E-state index in [1.54, 1.807) is 12.1 Å². The second kappa shape index (κ2) is 21.4. The summed E-state index contributed by atoms with van der Waals surface area (Å²) in [5, 5.41) is 11.9. The number of piperazine rings is 1. The highest BCUT2D eigenvalue weighted by Crippen LogP contribution is 2.26. The molecule has 9 rings (SSSR count). The summed E-state index contributed by atoms with van der Waals surface area (Å²) in [4.78, 5) is 92.0. The highest BCUT2D eigenvalue weighted by molar-refractivity contribution is 5.99. The maximum absolute atomic E-state index is 13.0. The van der Waals surface area contributed by atoms with Gasteiger partial charge in [0, 0.05) is 61.5 Å². The molecule has 70 heavy (non-hydrogen) atoms. The van der Waals surface area contributed by atoms with Crippen LogP contribution in [-0.4, -0.2) is 177 Å². The van der Waals surface area contributed by atoms with Gasteiger partial charge in [-0.2, -0.15) is 0 Å². The molecule has 20 nitrogen and oxygen atoms in total. The van der Waals surface area contributed by atoms with Gasteiger partial charge >= 0.3 is 0 Å². The Labute approximate surface area is 404 Å². The second-order valence-corrected chi connectivity index (χ2v) is 18.4. The lowest BCUT2D eigenvalue weighted by Crippen LogP contribution is -2.51. The van der Waals surface area contributed by atoms with Crippen molar-refractivity contribution in [2.24, 2.45) is 0 Å². The van der Waals surface area contributed by atoms with Crippen molar-refractivity contribution < 1.29 is 19.2 Å². The Hall–Kier alpha value is -7.52. The number of aromatic nitrogens is 8. The summed E-state index contributed by atoms with van der Waals surface area (Å²) in [5.41, 5.74) is 9.13. The number of fused-ring (bicyclic) bond motifs is 4. The molecule has 20 heteroatoms. The zero-order valence-electron chi connectivity index (χ0n) is 40.0. The number of carbonyl (C=O) groups is 4. The third kappa shape index (κ3) is 11.8. The molecule has 0 saturated carbocycles. The maximum atomic E-state index is 13.0. The van der Waals surface area contributed by atoms with Gasteiger partial charge in [-0.05, 0) is 127 Å². The van der Waals surface area contributed by atoms with Gasteiger partial charge in [0.25, 0.3) is 11.8 Å². The summed E-state index contributed by atoms with van der Waals surface area (Å²) in [7, 11) is 8.04. The van der Waals surface area contributed by atoms with Gasteiger partial charge in [0.2, 0.25) is 11.8 Å². The van der Waals surface area contributed by atoms with E-state index in [9.17, 15) is 19.2 Å². The molecule has 8 aromatic rings. The molecule has 364 valence electrons. The molecule has 5 heterocycles. The van der Waals surface area contributed by atoms with Crippen LogP contribution in [0, 0.1) is 0 Å². The first-order valence-corrected chi connectivity index (χ1v) is 23.7. The number of hydrogen-bond acceptors (Lipinski definition) is 12. The minimum Gasteiger partial charge on any atom is -0.352 e. The number of amides is 4. The van der Waals surface area contributed by atoms with Crippen LogP contribution in [0.2, 0.25) is 0 Å². The van der Waals surface area contributed by atoms with Crippen LogP contribution in [0.5, 0.6) is 0 Å². The molecular weight excluding hydrogens is 889 g/mol. The average Bonchev–Trinajstić information content (AvgIpc) is 4.17. The Bertz CT molecular complexity index is 2950. The molecule has 0 bridgehead atoms. The monoisotopic (exact) mass is 948 g/mol. The number of imidazole rings is 4. The topological polar surface area (TPSA) is 244 Å². The lowest BCUT2D eigenvalue weighted by atomic mass is 10.2. The van der Waals surface area contributed by atoms with Crippen LogP contribution >= 0.6 is 0 Å². The standard InChI is InChI=1S/C50H60N16O4/c1-63(2)17-5-15-51-49(69)33-9-13-37-41(25-33)61-47(59-37)31-7-11-35-39(23-31)57-43(55-35)27-53-45(67)29-65-19-21-66(22-20-65)30-46(68)54-28-44-56-36-12-8-32(24-40(36)58-44)48-60-38-14-10-34(26-42(38)62-48)50(70)52-16-6-18-64(3)4/h7-14,23-26H,5-6,15-22,27-30H2,1-4H3,(H,51,69)(H,52,70)(H,53,67)(H,54,68)(H,55,57)(H,56,58)(H,59,61)(H,60,62). The number of hydrogen-bond donors (Lipinski definition) is 8. The minimum absolute atomic E-state index is 0.103. The van der Waals surface area contributed by atoms with Gasteiger partial charge in [-0.25, -0.2) is 19.9 Å². The van der Waals surface area contributed by atoms with E-state index in [-0.39, 0.29) is 49.8 Å². The van der Waals surface area contributed by atoms with Crippen molar-refractivity contribution in [3.05, 3.63) is 95.6 Å². The van der Waals surface area contributed by atoms with E-state index < -0.39 is 0 Å². The van der Waals surface area contributed by atoms with E-state index in [1.807, 2.05) is 88.9 Å². The Morgan fingerprint density at radius 3 is 1.30 bits per heavy atom. The first-order valence-electron chi connectivity index (χ1n) is 23.7. The van der Waals surface area contributed by atoms with Crippen molar-refractivity contribution in [1.29, 1.82) is 0 Å². The lowest BCUT2D eigenvalue weighted by Gasteiger charge is -2.33. The molecule has 1 saturated heterocycles. The van der Waals surface area contributed by atoms with E-state index in [1.165, 1.54) is 0 Å². The lowest BCUT2D eigenvalue weighted by molar-refractivity contribution is -0.125. The van der Waals surface area contributed by atoms with Crippen molar-refractivity contribution in [2.45, 2.75) is 25.9 Å². The summed E-state index contributed by atoms with van der Waals surface area (Å²) in [6.45, 7) is 6.66. The van der Waals surface area contributed by atoms with Crippen LogP contribution < -0.4 is 21.3 Å². The molecule has 4 aromatic heterocycles. The van der Waals surface area contributed by atoms with E-state index in [2.05, 4.69) is 70.8 Å².